The van der Waals surface area contributed by atoms with Gasteiger partial charge in [0.15, 0.2) is 11.5 Å². The average Bonchev–Trinajstić information content (AvgIpc) is 2.99. The summed E-state index contributed by atoms with van der Waals surface area (Å²) >= 11 is 0. The lowest BCUT2D eigenvalue weighted by molar-refractivity contribution is 0.122. The Morgan fingerprint density at radius 3 is 2.76 bits per heavy atom. The van der Waals surface area contributed by atoms with Crippen LogP contribution in [0.25, 0.3) is 0 Å². The number of aliphatic hydroxyl groups is 1. The highest BCUT2D eigenvalue weighted by molar-refractivity contribution is 5.44. The third-order valence-corrected chi connectivity index (χ3v) is 3.47. The number of rotatable bonds is 5. The topological polar surface area (TPSA) is 55.1 Å². The molecule has 0 saturated heterocycles. The molecular formula is C16H19NO4. The van der Waals surface area contributed by atoms with Gasteiger partial charge in [0.25, 0.3) is 0 Å². The van der Waals surface area contributed by atoms with Gasteiger partial charge in [0.05, 0.1) is 18.6 Å². The first-order valence-electron chi connectivity index (χ1n) is 6.99. The molecule has 112 valence electrons. The van der Waals surface area contributed by atoms with Crippen molar-refractivity contribution in [3.8, 4) is 11.5 Å². The van der Waals surface area contributed by atoms with E-state index in [9.17, 15) is 5.11 Å². The molecule has 0 amide bonds. The van der Waals surface area contributed by atoms with E-state index in [2.05, 4.69) is 0 Å². The molecule has 2 heterocycles. The number of ether oxygens (including phenoxy) is 2. The van der Waals surface area contributed by atoms with E-state index in [4.69, 9.17) is 13.9 Å². The van der Waals surface area contributed by atoms with Crippen molar-refractivity contribution in [2.24, 2.45) is 0 Å². The number of benzene rings is 1. The summed E-state index contributed by atoms with van der Waals surface area (Å²) in [7, 11) is 1.97. The molecule has 0 aliphatic carbocycles. The average molecular weight is 289 g/mol. The molecule has 0 radical (unpaired) electrons. The van der Waals surface area contributed by atoms with Gasteiger partial charge in [-0.3, -0.25) is 4.90 Å². The first kappa shape index (κ1) is 14.0. The molecule has 21 heavy (non-hydrogen) atoms. The molecule has 1 aromatic carbocycles. The van der Waals surface area contributed by atoms with Crippen LogP contribution in [0.1, 0.15) is 17.2 Å². The van der Waals surface area contributed by atoms with Gasteiger partial charge >= 0.3 is 0 Å². The van der Waals surface area contributed by atoms with Gasteiger partial charge in [-0.05, 0) is 30.8 Å². The van der Waals surface area contributed by atoms with Crippen molar-refractivity contribution in [1.29, 1.82) is 0 Å². The van der Waals surface area contributed by atoms with Crippen LogP contribution in [-0.4, -0.2) is 36.8 Å². The van der Waals surface area contributed by atoms with Crippen molar-refractivity contribution in [1.82, 2.24) is 4.90 Å². The van der Waals surface area contributed by atoms with Gasteiger partial charge in [0.2, 0.25) is 0 Å². The summed E-state index contributed by atoms with van der Waals surface area (Å²) in [4.78, 5) is 2.05. The van der Waals surface area contributed by atoms with E-state index < -0.39 is 6.10 Å². The summed E-state index contributed by atoms with van der Waals surface area (Å²) in [5.74, 6) is 1.44. The molecular weight excluding hydrogens is 270 g/mol. The van der Waals surface area contributed by atoms with E-state index >= 15 is 0 Å². The Kier molecular flexibility index (Phi) is 4.13. The number of likely N-dealkylation sites (N-methyl/N-ethyl adjacent to an activating group) is 1. The van der Waals surface area contributed by atoms with E-state index in [0.717, 1.165) is 23.4 Å². The third kappa shape index (κ3) is 3.37. The number of hydrogen-bond donors (Lipinski definition) is 1. The lowest BCUT2D eigenvalue weighted by atomic mass is 10.1. The van der Waals surface area contributed by atoms with Crippen LogP contribution in [-0.2, 0) is 6.54 Å². The number of aliphatic hydroxyl groups excluding tert-OH is 1. The van der Waals surface area contributed by atoms with E-state index in [0.29, 0.717) is 25.5 Å². The second kappa shape index (κ2) is 6.20. The molecule has 1 aliphatic rings. The minimum Gasteiger partial charge on any atom is -0.486 e. The Labute approximate surface area is 123 Å². The highest BCUT2D eigenvalue weighted by Crippen LogP contribution is 2.32. The van der Waals surface area contributed by atoms with Crippen molar-refractivity contribution < 1.29 is 19.0 Å². The van der Waals surface area contributed by atoms with Crippen molar-refractivity contribution in [2.75, 3.05) is 26.8 Å². The van der Waals surface area contributed by atoms with Gasteiger partial charge in [0.1, 0.15) is 13.2 Å². The van der Waals surface area contributed by atoms with Gasteiger partial charge < -0.3 is 19.0 Å². The second-order valence-corrected chi connectivity index (χ2v) is 5.25. The number of hydrogen-bond acceptors (Lipinski definition) is 5. The highest BCUT2D eigenvalue weighted by atomic mass is 16.6. The van der Waals surface area contributed by atoms with Gasteiger partial charge in [0, 0.05) is 18.7 Å². The van der Waals surface area contributed by atoms with Crippen LogP contribution in [0, 0.1) is 0 Å². The largest absolute Gasteiger partial charge is 0.486 e. The Hall–Kier alpha value is -1.98. The molecule has 5 heteroatoms. The minimum atomic E-state index is -0.572. The monoisotopic (exact) mass is 289 g/mol. The predicted octanol–water partition coefficient (Wildman–Crippen LogP) is 2.22. The summed E-state index contributed by atoms with van der Waals surface area (Å²) in [6.07, 6.45) is 2.80. The summed E-state index contributed by atoms with van der Waals surface area (Å²) in [5, 5.41) is 10.4. The lowest BCUT2D eigenvalue weighted by Gasteiger charge is -2.23. The van der Waals surface area contributed by atoms with Crippen molar-refractivity contribution in [2.45, 2.75) is 12.6 Å². The zero-order valence-corrected chi connectivity index (χ0v) is 12.0. The van der Waals surface area contributed by atoms with Crippen molar-refractivity contribution >= 4 is 0 Å². The Morgan fingerprint density at radius 2 is 2.00 bits per heavy atom. The van der Waals surface area contributed by atoms with Crippen LogP contribution in [0.2, 0.25) is 0 Å². The lowest BCUT2D eigenvalue weighted by Crippen LogP contribution is -2.24. The van der Waals surface area contributed by atoms with E-state index in [1.54, 1.807) is 12.5 Å². The SMILES string of the molecule is CN(Cc1ccoc1)C[C@H](O)c1ccc2c(c1)OCCO2. The molecule has 0 fully saturated rings. The van der Waals surface area contributed by atoms with Crippen molar-refractivity contribution in [3.63, 3.8) is 0 Å². The maximum atomic E-state index is 10.4. The summed E-state index contributed by atoms with van der Waals surface area (Å²) < 4.78 is 16.1. The van der Waals surface area contributed by atoms with Crippen LogP contribution >= 0.6 is 0 Å². The van der Waals surface area contributed by atoms with Gasteiger partial charge in [-0.15, -0.1) is 0 Å². The maximum Gasteiger partial charge on any atom is 0.161 e. The molecule has 1 N–H and O–H groups in total. The molecule has 0 bridgehead atoms. The van der Waals surface area contributed by atoms with Crippen LogP contribution in [0.3, 0.4) is 0 Å². The molecule has 1 aliphatic heterocycles. The first-order valence-corrected chi connectivity index (χ1v) is 6.99. The molecule has 1 atom stereocenters. The van der Waals surface area contributed by atoms with E-state index in [1.807, 2.05) is 36.2 Å². The number of furan rings is 1. The van der Waals surface area contributed by atoms with Crippen LogP contribution in [0.5, 0.6) is 11.5 Å². The Morgan fingerprint density at radius 1 is 1.19 bits per heavy atom. The van der Waals surface area contributed by atoms with Crippen LogP contribution in [0.15, 0.2) is 41.2 Å². The molecule has 0 spiro atoms. The summed E-state index contributed by atoms with van der Waals surface area (Å²) in [5.41, 5.74) is 1.92. The normalized spacial score (nSPS) is 15.2. The second-order valence-electron chi connectivity index (χ2n) is 5.25. The molecule has 0 unspecified atom stereocenters. The molecule has 1 aromatic heterocycles. The summed E-state index contributed by atoms with van der Waals surface area (Å²) in [6, 6.07) is 7.50. The third-order valence-electron chi connectivity index (χ3n) is 3.47. The highest BCUT2D eigenvalue weighted by Gasteiger charge is 2.16. The summed E-state index contributed by atoms with van der Waals surface area (Å²) in [6.45, 7) is 2.39. The fraction of sp³-hybridized carbons (Fsp3) is 0.375. The van der Waals surface area contributed by atoms with E-state index in [-0.39, 0.29) is 0 Å². The zero-order chi connectivity index (χ0) is 14.7. The van der Waals surface area contributed by atoms with Crippen molar-refractivity contribution in [3.05, 3.63) is 47.9 Å². The quantitative estimate of drug-likeness (QED) is 0.914. The minimum absolute atomic E-state index is 0.533. The Bertz CT molecular complexity index is 582. The molecule has 0 saturated carbocycles. The number of fused-ring (bicyclic) bond motifs is 1. The fourth-order valence-corrected chi connectivity index (χ4v) is 2.43. The van der Waals surface area contributed by atoms with Gasteiger partial charge in [-0.1, -0.05) is 6.07 Å². The Balaban J connectivity index is 1.63. The molecule has 3 rings (SSSR count). The smallest absolute Gasteiger partial charge is 0.161 e. The number of nitrogens with zero attached hydrogens (tertiary/aromatic N) is 1. The van der Waals surface area contributed by atoms with Crippen LogP contribution < -0.4 is 9.47 Å². The predicted molar refractivity (Wildman–Crippen MR) is 77.4 cm³/mol. The fourth-order valence-electron chi connectivity index (χ4n) is 2.43. The van der Waals surface area contributed by atoms with E-state index in [1.165, 1.54) is 0 Å². The van der Waals surface area contributed by atoms with Gasteiger partial charge in [-0.25, -0.2) is 0 Å². The standard InChI is InChI=1S/C16H19NO4/c1-17(9-12-4-5-19-11-12)10-14(18)13-2-3-15-16(8-13)21-7-6-20-15/h2-5,8,11,14,18H,6-7,9-10H2,1H3/t14-/m0/s1. The van der Waals surface area contributed by atoms with Gasteiger partial charge in [-0.2, -0.15) is 0 Å². The molecule has 2 aromatic rings. The zero-order valence-electron chi connectivity index (χ0n) is 12.0. The van der Waals surface area contributed by atoms with Crippen LogP contribution in [0.4, 0.5) is 0 Å². The first-order chi connectivity index (χ1) is 10.2. The molecule has 5 nitrogen and oxygen atoms in total. The maximum absolute atomic E-state index is 10.4.